The fourth-order valence-corrected chi connectivity index (χ4v) is 4.71. The van der Waals surface area contributed by atoms with Crippen molar-refractivity contribution in [1.82, 2.24) is 20.0 Å². The van der Waals surface area contributed by atoms with Crippen LogP contribution in [0.1, 0.15) is 24.4 Å². The molecule has 2 aliphatic rings. The molecule has 8 nitrogen and oxygen atoms in total. The second-order valence-corrected chi connectivity index (χ2v) is 9.04. The first-order chi connectivity index (χ1) is 17.0. The summed E-state index contributed by atoms with van der Waals surface area (Å²) in [5.41, 5.74) is 1.61. The van der Waals surface area contributed by atoms with Crippen LogP contribution in [0.5, 0.6) is 5.75 Å². The zero-order valence-electron chi connectivity index (χ0n) is 20.2. The highest BCUT2D eigenvalue weighted by atomic mass is 19.1. The van der Waals surface area contributed by atoms with Crippen LogP contribution in [0.25, 0.3) is 0 Å². The highest BCUT2D eigenvalue weighted by Crippen LogP contribution is 2.26. The molecular formula is C26H34FN5O3. The largest absolute Gasteiger partial charge is 0.497 e. The van der Waals surface area contributed by atoms with Gasteiger partial charge in [-0.25, -0.2) is 9.18 Å². The van der Waals surface area contributed by atoms with Gasteiger partial charge in [0.15, 0.2) is 0 Å². The summed E-state index contributed by atoms with van der Waals surface area (Å²) in [6.45, 7) is 5.13. The van der Waals surface area contributed by atoms with Crippen LogP contribution in [0.3, 0.4) is 0 Å². The molecule has 2 N–H and O–H groups in total. The van der Waals surface area contributed by atoms with E-state index in [1.807, 2.05) is 17.0 Å². The van der Waals surface area contributed by atoms with Crippen molar-refractivity contribution in [2.75, 3.05) is 64.8 Å². The summed E-state index contributed by atoms with van der Waals surface area (Å²) >= 11 is 0. The highest BCUT2D eigenvalue weighted by molar-refractivity contribution is 5.92. The van der Waals surface area contributed by atoms with Crippen molar-refractivity contribution in [2.24, 2.45) is 0 Å². The van der Waals surface area contributed by atoms with Crippen LogP contribution in [0.15, 0.2) is 48.5 Å². The molecule has 35 heavy (non-hydrogen) atoms. The molecule has 0 radical (unpaired) electrons. The average molecular weight is 484 g/mol. The third kappa shape index (κ3) is 6.93. The van der Waals surface area contributed by atoms with Gasteiger partial charge in [-0.05, 0) is 61.8 Å². The maximum Gasteiger partial charge on any atom is 0.317 e. The number of carbonyl (C=O) groups excluding carboxylic acids is 2. The Balaban J connectivity index is 1.24. The number of nitrogens with one attached hydrogen (secondary N) is 2. The van der Waals surface area contributed by atoms with Gasteiger partial charge in [0.05, 0.1) is 19.7 Å². The fourth-order valence-electron chi connectivity index (χ4n) is 4.71. The summed E-state index contributed by atoms with van der Waals surface area (Å²) in [7, 11) is 1.66. The Labute approximate surface area is 206 Å². The molecule has 3 amide bonds. The first-order valence-corrected chi connectivity index (χ1v) is 12.2. The first-order valence-electron chi connectivity index (χ1n) is 12.2. The van der Waals surface area contributed by atoms with E-state index in [0.29, 0.717) is 38.4 Å². The molecule has 0 bridgehead atoms. The molecule has 0 aromatic heterocycles. The van der Waals surface area contributed by atoms with Gasteiger partial charge in [-0.15, -0.1) is 0 Å². The Morgan fingerprint density at radius 1 is 1.00 bits per heavy atom. The van der Waals surface area contributed by atoms with Crippen molar-refractivity contribution in [3.8, 4) is 5.75 Å². The summed E-state index contributed by atoms with van der Waals surface area (Å²) in [5.74, 6) is 0.239. The Bertz CT molecular complexity index is 989. The molecule has 9 heteroatoms. The predicted octanol–water partition coefficient (Wildman–Crippen LogP) is 2.94. The van der Waals surface area contributed by atoms with E-state index in [9.17, 15) is 14.0 Å². The predicted molar refractivity (Wildman–Crippen MR) is 133 cm³/mol. The van der Waals surface area contributed by atoms with E-state index in [4.69, 9.17) is 4.74 Å². The second-order valence-electron chi connectivity index (χ2n) is 9.04. The van der Waals surface area contributed by atoms with Crippen LogP contribution in [-0.2, 0) is 4.79 Å². The molecular weight excluding hydrogens is 449 g/mol. The molecule has 0 aliphatic carbocycles. The van der Waals surface area contributed by atoms with E-state index in [-0.39, 0.29) is 30.3 Å². The van der Waals surface area contributed by atoms with E-state index in [0.717, 1.165) is 18.8 Å². The summed E-state index contributed by atoms with van der Waals surface area (Å²) in [5, 5.41) is 5.85. The Morgan fingerprint density at radius 3 is 2.37 bits per heavy atom. The van der Waals surface area contributed by atoms with Gasteiger partial charge in [0.25, 0.3) is 0 Å². The minimum absolute atomic E-state index is 0.0772. The number of urea groups is 1. The monoisotopic (exact) mass is 483 g/mol. The molecule has 4 rings (SSSR count). The van der Waals surface area contributed by atoms with E-state index in [1.165, 1.54) is 30.5 Å². The molecule has 2 aromatic carbocycles. The van der Waals surface area contributed by atoms with Crippen molar-refractivity contribution < 1.29 is 18.7 Å². The van der Waals surface area contributed by atoms with Gasteiger partial charge in [-0.1, -0.05) is 18.2 Å². The van der Waals surface area contributed by atoms with Crippen LogP contribution in [-0.4, -0.2) is 86.1 Å². The average Bonchev–Trinajstić information content (AvgIpc) is 3.39. The topological polar surface area (TPSA) is 77.1 Å². The van der Waals surface area contributed by atoms with Crippen molar-refractivity contribution in [2.45, 2.75) is 18.9 Å². The quantitative estimate of drug-likeness (QED) is 0.604. The van der Waals surface area contributed by atoms with Gasteiger partial charge >= 0.3 is 6.03 Å². The molecule has 2 aliphatic heterocycles. The number of hydrogen-bond donors (Lipinski definition) is 2. The van der Waals surface area contributed by atoms with Gasteiger partial charge in [-0.3, -0.25) is 14.6 Å². The standard InChI is InChI=1S/C26H34FN5O3/c1-35-23-9-7-20(8-10-23)24(31-11-2-3-12-31)18-28-26(34)32-15-13-30(14-16-32)19-25(33)29-22-6-4-5-21(27)17-22/h4-10,17,24H,2-3,11-16,18-19H2,1H3,(H,28,34)(H,29,33)/t24-/m0/s1. The highest BCUT2D eigenvalue weighted by Gasteiger charge is 2.26. The van der Waals surface area contributed by atoms with Crippen LogP contribution in [0.2, 0.25) is 0 Å². The molecule has 188 valence electrons. The minimum atomic E-state index is -0.388. The lowest BCUT2D eigenvalue weighted by atomic mass is 10.1. The SMILES string of the molecule is COc1ccc([C@H](CNC(=O)N2CCN(CC(=O)Nc3cccc(F)c3)CC2)N2CCCC2)cc1. The van der Waals surface area contributed by atoms with Crippen molar-refractivity contribution in [3.05, 3.63) is 59.9 Å². The third-order valence-corrected chi connectivity index (χ3v) is 6.66. The normalized spacial score (nSPS) is 17.7. The van der Waals surface area contributed by atoms with Gasteiger partial charge in [-0.2, -0.15) is 0 Å². The maximum atomic E-state index is 13.3. The van der Waals surface area contributed by atoms with Crippen molar-refractivity contribution >= 4 is 17.6 Å². The van der Waals surface area contributed by atoms with E-state index < -0.39 is 0 Å². The van der Waals surface area contributed by atoms with E-state index in [1.54, 1.807) is 24.1 Å². The number of halogens is 1. The number of anilines is 1. The molecule has 2 heterocycles. The lowest BCUT2D eigenvalue weighted by Gasteiger charge is -2.35. The van der Waals surface area contributed by atoms with Crippen molar-refractivity contribution in [3.63, 3.8) is 0 Å². The molecule has 2 aromatic rings. The molecule has 0 saturated carbocycles. The lowest BCUT2D eigenvalue weighted by molar-refractivity contribution is -0.117. The molecule has 1 atom stereocenters. The Kier molecular flexibility index (Phi) is 8.54. The number of piperazine rings is 1. The lowest BCUT2D eigenvalue weighted by Crippen LogP contribution is -2.53. The van der Waals surface area contributed by atoms with Gasteiger partial charge in [0, 0.05) is 38.4 Å². The molecule has 0 unspecified atom stereocenters. The number of likely N-dealkylation sites (tertiary alicyclic amines) is 1. The van der Waals surface area contributed by atoms with Gasteiger partial charge < -0.3 is 20.3 Å². The summed E-state index contributed by atoms with van der Waals surface area (Å²) in [6, 6.07) is 14.0. The number of carbonyl (C=O) groups is 2. The minimum Gasteiger partial charge on any atom is -0.497 e. The van der Waals surface area contributed by atoms with Crippen LogP contribution >= 0.6 is 0 Å². The molecule has 2 fully saturated rings. The van der Waals surface area contributed by atoms with Crippen LogP contribution in [0, 0.1) is 5.82 Å². The number of ether oxygens (including phenoxy) is 1. The fraction of sp³-hybridized carbons (Fsp3) is 0.462. The van der Waals surface area contributed by atoms with Gasteiger partial charge in [0.1, 0.15) is 11.6 Å². The van der Waals surface area contributed by atoms with Crippen molar-refractivity contribution in [1.29, 1.82) is 0 Å². The van der Waals surface area contributed by atoms with Gasteiger partial charge in [0.2, 0.25) is 5.91 Å². The third-order valence-electron chi connectivity index (χ3n) is 6.66. The number of amides is 3. The smallest absolute Gasteiger partial charge is 0.317 e. The first kappa shape index (κ1) is 24.9. The zero-order valence-corrected chi connectivity index (χ0v) is 20.2. The van der Waals surface area contributed by atoms with Crippen LogP contribution < -0.4 is 15.4 Å². The zero-order chi connectivity index (χ0) is 24.6. The summed E-state index contributed by atoms with van der Waals surface area (Å²) < 4.78 is 18.6. The number of hydrogen-bond acceptors (Lipinski definition) is 5. The Hall–Kier alpha value is -3.17. The van der Waals surface area contributed by atoms with Crippen LogP contribution in [0.4, 0.5) is 14.9 Å². The molecule has 2 saturated heterocycles. The number of benzene rings is 2. The van der Waals surface area contributed by atoms with E-state index >= 15 is 0 Å². The number of nitrogens with zero attached hydrogens (tertiary/aromatic N) is 3. The Morgan fingerprint density at radius 2 is 1.71 bits per heavy atom. The maximum absolute atomic E-state index is 13.3. The number of methoxy groups -OCH3 is 1. The second kappa shape index (κ2) is 12.0. The van der Waals surface area contributed by atoms with E-state index in [2.05, 4.69) is 27.7 Å². The molecule has 0 spiro atoms. The number of rotatable bonds is 8. The summed E-state index contributed by atoms with van der Waals surface area (Å²) in [6.07, 6.45) is 2.35. The summed E-state index contributed by atoms with van der Waals surface area (Å²) in [4.78, 5) is 31.4.